The van der Waals surface area contributed by atoms with Crippen LogP contribution in [0, 0.1) is 5.92 Å². The molecule has 0 bridgehead atoms. The van der Waals surface area contributed by atoms with E-state index in [9.17, 15) is 4.79 Å². The monoisotopic (exact) mass is 296 g/mol. The van der Waals surface area contributed by atoms with E-state index in [1.165, 1.54) is 19.3 Å². The summed E-state index contributed by atoms with van der Waals surface area (Å²) in [5.74, 6) is 1.82. The predicted octanol–water partition coefficient (Wildman–Crippen LogP) is 3.76. The van der Waals surface area contributed by atoms with Crippen molar-refractivity contribution in [3.63, 3.8) is 0 Å². The summed E-state index contributed by atoms with van der Waals surface area (Å²) in [7, 11) is 1.64. The van der Waals surface area contributed by atoms with Gasteiger partial charge in [0.05, 0.1) is 11.6 Å². The van der Waals surface area contributed by atoms with Crippen molar-refractivity contribution in [1.82, 2.24) is 0 Å². The molecule has 2 nitrogen and oxygen atoms in total. The molecule has 0 spiro atoms. The van der Waals surface area contributed by atoms with Crippen LogP contribution in [0.3, 0.4) is 0 Å². The Hall–Kier alpha value is -0.830. The number of hydrogen-bond acceptors (Lipinski definition) is 2. The van der Waals surface area contributed by atoms with E-state index < -0.39 is 0 Å². The maximum Gasteiger partial charge on any atom is 0.137 e. The van der Waals surface area contributed by atoms with Gasteiger partial charge < -0.3 is 4.74 Å². The van der Waals surface area contributed by atoms with Crippen LogP contribution in [0.25, 0.3) is 0 Å². The third-order valence-corrected chi connectivity index (χ3v) is 3.98. The lowest BCUT2D eigenvalue weighted by atomic mass is 9.81. The van der Waals surface area contributed by atoms with Crippen LogP contribution in [-0.4, -0.2) is 12.9 Å². The molecule has 0 N–H and O–H groups in total. The third-order valence-electron chi connectivity index (χ3n) is 3.36. The van der Waals surface area contributed by atoms with Crippen LogP contribution >= 0.6 is 15.9 Å². The van der Waals surface area contributed by atoms with E-state index in [0.29, 0.717) is 18.1 Å². The number of Topliss-reactive ketones (excluding diaryl/α,β-unsaturated/α-hetero) is 1. The van der Waals surface area contributed by atoms with E-state index >= 15 is 0 Å². The summed E-state index contributed by atoms with van der Waals surface area (Å²) in [6, 6.07) is 5.83. The minimum absolute atomic E-state index is 0.353. The van der Waals surface area contributed by atoms with E-state index in [1.807, 2.05) is 18.2 Å². The Morgan fingerprint density at radius 2 is 2.24 bits per heavy atom. The molecule has 2 rings (SSSR count). The summed E-state index contributed by atoms with van der Waals surface area (Å²) in [4.78, 5) is 11.8. The standard InChI is InChI=1S/C14H17BrO2/c1-17-14-6-5-11(9-13(14)15)8-12(16)7-10-3-2-4-10/h5-6,9-10H,2-4,7-8H2,1H3. The van der Waals surface area contributed by atoms with Crippen LogP contribution in [0.5, 0.6) is 5.75 Å². The second-order valence-corrected chi connectivity index (χ2v) is 5.54. The van der Waals surface area contributed by atoms with Crippen LogP contribution in [-0.2, 0) is 11.2 Å². The molecule has 1 aromatic rings. The number of rotatable bonds is 5. The van der Waals surface area contributed by atoms with Crippen molar-refractivity contribution in [3.8, 4) is 5.75 Å². The lowest BCUT2D eigenvalue weighted by molar-refractivity contribution is -0.119. The highest BCUT2D eigenvalue weighted by molar-refractivity contribution is 9.10. The number of halogens is 1. The predicted molar refractivity (Wildman–Crippen MR) is 71.4 cm³/mol. The van der Waals surface area contributed by atoms with Crippen molar-refractivity contribution < 1.29 is 9.53 Å². The summed E-state index contributed by atoms with van der Waals surface area (Å²) < 4.78 is 6.08. The van der Waals surface area contributed by atoms with Crippen molar-refractivity contribution in [2.24, 2.45) is 5.92 Å². The molecule has 0 atom stereocenters. The van der Waals surface area contributed by atoms with Gasteiger partial charge in [0.1, 0.15) is 11.5 Å². The number of ether oxygens (including phenoxy) is 1. The van der Waals surface area contributed by atoms with Gasteiger partial charge in [-0.25, -0.2) is 0 Å². The lowest BCUT2D eigenvalue weighted by Crippen LogP contribution is -2.17. The molecule has 1 aromatic carbocycles. The van der Waals surface area contributed by atoms with Crippen molar-refractivity contribution >= 4 is 21.7 Å². The SMILES string of the molecule is COc1ccc(CC(=O)CC2CCC2)cc1Br. The van der Waals surface area contributed by atoms with Crippen LogP contribution in [0.4, 0.5) is 0 Å². The zero-order valence-electron chi connectivity index (χ0n) is 10.0. The number of carbonyl (C=O) groups is 1. The summed E-state index contributed by atoms with van der Waals surface area (Å²) in [6.45, 7) is 0. The van der Waals surface area contributed by atoms with E-state index in [0.717, 1.165) is 22.2 Å². The normalized spacial score (nSPS) is 15.4. The largest absolute Gasteiger partial charge is 0.496 e. The van der Waals surface area contributed by atoms with Gasteiger partial charge in [-0.1, -0.05) is 25.3 Å². The number of benzene rings is 1. The molecular formula is C14H17BrO2. The first-order valence-corrected chi connectivity index (χ1v) is 6.82. The number of methoxy groups -OCH3 is 1. The minimum atomic E-state index is 0.353. The Morgan fingerprint density at radius 1 is 1.47 bits per heavy atom. The second kappa shape index (κ2) is 5.67. The zero-order valence-corrected chi connectivity index (χ0v) is 11.6. The number of carbonyl (C=O) groups excluding carboxylic acids is 1. The fourth-order valence-corrected chi connectivity index (χ4v) is 2.73. The summed E-state index contributed by atoms with van der Waals surface area (Å²) in [5, 5.41) is 0. The Bertz CT molecular complexity index is 411. The van der Waals surface area contributed by atoms with Gasteiger partial charge in [0.2, 0.25) is 0 Å². The maximum atomic E-state index is 11.8. The zero-order chi connectivity index (χ0) is 12.3. The van der Waals surface area contributed by atoms with Crippen molar-refractivity contribution in [2.75, 3.05) is 7.11 Å². The molecule has 0 saturated heterocycles. The number of hydrogen-bond donors (Lipinski definition) is 0. The van der Waals surface area contributed by atoms with E-state index in [2.05, 4.69) is 15.9 Å². The van der Waals surface area contributed by atoms with E-state index in [1.54, 1.807) is 7.11 Å². The molecular weight excluding hydrogens is 280 g/mol. The average Bonchev–Trinajstić information content (AvgIpc) is 2.24. The van der Waals surface area contributed by atoms with Gasteiger partial charge in [0.25, 0.3) is 0 Å². The average molecular weight is 297 g/mol. The Labute approximate surface area is 110 Å². The smallest absolute Gasteiger partial charge is 0.137 e. The Balaban J connectivity index is 1.93. The third kappa shape index (κ3) is 3.32. The molecule has 17 heavy (non-hydrogen) atoms. The summed E-state index contributed by atoms with van der Waals surface area (Å²) in [5.41, 5.74) is 1.06. The molecule has 92 valence electrons. The second-order valence-electron chi connectivity index (χ2n) is 4.69. The molecule has 0 amide bonds. The summed E-state index contributed by atoms with van der Waals surface area (Å²) in [6.07, 6.45) is 5.06. The van der Waals surface area contributed by atoms with Crippen molar-refractivity contribution in [3.05, 3.63) is 28.2 Å². The quantitative estimate of drug-likeness (QED) is 0.827. The van der Waals surface area contributed by atoms with Gasteiger partial charge in [-0.2, -0.15) is 0 Å². The van der Waals surface area contributed by atoms with Gasteiger partial charge >= 0.3 is 0 Å². The molecule has 1 fully saturated rings. The molecule has 3 heteroatoms. The molecule has 0 heterocycles. The molecule has 1 aliphatic rings. The van der Waals surface area contributed by atoms with Crippen molar-refractivity contribution in [2.45, 2.75) is 32.1 Å². The molecule has 0 radical (unpaired) electrons. The highest BCUT2D eigenvalue weighted by atomic mass is 79.9. The molecule has 0 aliphatic heterocycles. The van der Waals surface area contributed by atoms with Gasteiger partial charge in [0, 0.05) is 12.8 Å². The summed E-state index contributed by atoms with van der Waals surface area (Å²) >= 11 is 3.44. The first-order valence-electron chi connectivity index (χ1n) is 6.03. The fourth-order valence-electron chi connectivity index (χ4n) is 2.14. The minimum Gasteiger partial charge on any atom is -0.496 e. The Kier molecular flexibility index (Phi) is 4.21. The first kappa shape index (κ1) is 12.6. The Morgan fingerprint density at radius 3 is 2.76 bits per heavy atom. The van der Waals surface area contributed by atoms with Crippen LogP contribution in [0.1, 0.15) is 31.2 Å². The lowest BCUT2D eigenvalue weighted by Gasteiger charge is -2.24. The molecule has 0 aromatic heterocycles. The van der Waals surface area contributed by atoms with Gasteiger partial charge in [-0.05, 0) is 39.5 Å². The van der Waals surface area contributed by atoms with Crippen molar-refractivity contribution in [1.29, 1.82) is 0 Å². The van der Waals surface area contributed by atoms with Crippen LogP contribution < -0.4 is 4.74 Å². The molecule has 1 aliphatic carbocycles. The van der Waals surface area contributed by atoms with Gasteiger partial charge in [-0.15, -0.1) is 0 Å². The van der Waals surface area contributed by atoms with Gasteiger partial charge in [-0.3, -0.25) is 4.79 Å². The maximum absolute atomic E-state index is 11.8. The topological polar surface area (TPSA) is 26.3 Å². The van der Waals surface area contributed by atoms with Gasteiger partial charge in [0.15, 0.2) is 0 Å². The van der Waals surface area contributed by atoms with Crippen LogP contribution in [0.2, 0.25) is 0 Å². The fraction of sp³-hybridized carbons (Fsp3) is 0.500. The molecule has 0 unspecified atom stereocenters. The van der Waals surface area contributed by atoms with E-state index in [-0.39, 0.29) is 0 Å². The van der Waals surface area contributed by atoms with E-state index in [4.69, 9.17) is 4.74 Å². The van der Waals surface area contributed by atoms with Crippen LogP contribution in [0.15, 0.2) is 22.7 Å². The highest BCUT2D eigenvalue weighted by Crippen LogP contribution is 2.30. The number of ketones is 1. The molecule has 1 saturated carbocycles. The first-order chi connectivity index (χ1) is 8.19. The highest BCUT2D eigenvalue weighted by Gasteiger charge is 2.20.